The third-order valence-corrected chi connectivity index (χ3v) is 4.48. The summed E-state index contributed by atoms with van der Waals surface area (Å²) in [4.78, 5) is 18.2. The Balaban J connectivity index is 1.77. The van der Waals surface area contributed by atoms with Gasteiger partial charge in [-0.3, -0.25) is 9.89 Å². The van der Waals surface area contributed by atoms with Crippen molar-refractivity contribution in [2.24, 2.45) is 5.92 Å². The van der Waals surface area contributed by atoms with E-state index in [2.05, 4.69) is 27.1 Å². The van der Waals surface area contributed by atoms with Crippen LogP contribution in [0.5, 0.6) is 0 Å². The fourth-order valence-corrected chi connectivity index (χ4v) is 2.90. The van der Waals surface area contributed by atoms with Gasteiger partial charge in [0.05, 0.1) is 5.39 Å². The summed E-state index contributed by atoms with van der Waals surface area (Å²) < 4.78 is 14.8. The predicted molar refractivity (Wildman–Crippen MR) is 98.4 cm³/mol. The number of aromatic nitrogens is 3. The van der Waals surface area contributed by atoms with Crippen molar-refractivity contribution in [1.29, 1.82) is 0 Å². The second kappa shape index (κ2) is 6.25. The number of amides is 1. The van der Waals surface area contributed by atoms with Gasteiger partial charge in [-0.25, -0.2) is 9.37 Å². The number of fused-ring (bicyclic) bond motifs is 1. The van der Waals surface area contributed by atoms with Crippen LogP contribution in [0.4, 0.5) is 10.2 Å². The van der Waals surface area contributed by atoms with Gasteiger partial charge in [-0.05, 0) is 31.1 Å². The molecule has 2 aromatic heterocycles. The molecule has 2 N–H and O–H groups in total. The molecule has 132 valence electrons. The highest BCUT2D eigenvalue weighted by atomic mass is 19.1. The number of hydrogen-bond acceptors (Lipinski definition) is 4. The molecule has 4 rings (SSSR count). The first kappa shape index (κ1) is 16.3. The van der Waals surface area contributed by atoms with E-state index in [-0.39, 0.29) is 17.5 Å². The molecule has 0 radical (unpaired) electrons. The minimum atomic E-state index is -0.500. The number of anilines is 1. The molecule has 0 spiro atoms. The van der Waals surface area contributed by atoms with Gasteiger partial charge in [0.25, 0.3) is 0 Å². The molecule has 3 heterocycles. The summed E-state index contributed by atoms with van der Waals surface area (Å²) in [6.07, 6.45) is 10.9. The Bertz CT molecular complexity index is 997. The van der Waals surface area contributed by atoms with Gasteiger partial charge in [-0.1, -0.05) is 18.7 Å². The van der Waals surface area contributed by atoms with Crippen LogP contribution in [-0.2, 0) is 4.79 Å². The standard InChI is InChI=1S/C19H18FN5O/c1-3-12(15-6-4-5-9-25(15)2)16-14(20)10-13-17(21-16)23-24-18(13)22-19(26)11-7-8-11/h3-6,9-11H,1,7-8H2,2H3,(H2,21,22,23,24,26). The Labute approximate surface area is 149 Å². The van der Waals surface area contributed by atoms with E-state index in [0.29, 0.717) is 22.4 Å². The summed E-state index contributed by atoms with van der Waals surface area (Å²) in [5, 5.41) is 10.0. The minimum absolute atomic E-state index is 0.0395. The smallest absolute Gasteiger partial charge is 0.228 e. The lowest BCUT2D eigenvalue weighted by Gasteiger charge is -2.21. The number of rotatable bonds is 4. The van der Waals surface area contributed by atoms with Crippen molar-refractivity contribution in [3.63, 3.8) is 0 Å². The van der Waals surface area contributed by atoms with Gasteiger partial charge >= 0.3 is 0 Å². The molecule has 2 aliphatic rings. The number of carbonyl (C=O) groups is 1. The monoisotopic (exact) mass is 351 g/mol. The van der Waals surface area contributed by atoms with Crippen LogP contribution in [0.1, 0.15) is 18.5 Å². The molecule has 1 aliphatic carbocycles. The zero-order valence-electron chi connectivity index (χ0n) is 14.3. The van der Waals surface area contributed by atoms with Gasteiger partial charge in [0.1, 0.15) is 11.5 Å². The number of carbonyl (C=O) groups excluding carboxylic acids is 1. The first-order chi connectivity index (χ1) is 12.6. The molecule has 1 aliphatic heterocycles. The molecule has 7 heteroatoms. The largest absolute Gasteiger partial charge is 0.351 e. The second-order valence-electron chi connectivity index (χ2n) is 6.37. The molecule has 0 saturated heterocycles. The van der Waals surface area contributed by atoms with Gasteiger partial charge in [-0.15, -0.1) is 0 Å². The van der Waals surface area contributed by atoms with Crippen LogP contribution < -0.4 is 5.32 Å². The summed E-state index contributed by atoms with van der Waals surface area (Å²) in [5.41, 5.74) is 1.95. The van der Waals surface area contributed by atoms with Gasteiger partial charge in [0.15, 0.2) is 11.5 Å². The van der Waals surface area contributed by atoms with E-state index in [1.54, 1.807) is 6.08 Å². The molecular formula is C19H18FN5O. The number of nitrogens with one attached hydrogen (secondary N) is 2. The Morgan fingerprint density at radius 1 is 1.46 bits per heavy atom. The van der Waals surface area contributed by atoms with Gasteiger partial charge in [0, 0.05) is 30.4 Å². The Morgan fingerprint density at radius 3 is 2.96 bits per heavy atom. The molecule has 0 aromatic carbocycles. The van der Waals surface area contributed by atoms with Gasteiger partial charge < -0.3 is 10.2 Å². The van der Waals surface area contributed by atoms with E-state index >= 15 is 0 Å². The number of H-pyrrole nitrogens is 1. The second-order valence-corrected chi connectivity index (χ2v) is 6.37. The van der Waals surface area contributed by atoms with Crippen LogP contribution in [0.2, 0.25) is 0 Å². The SMILES string of the molecule is C=CC(=C1C=CC=CN1C)c1nc2[nH]nc(NC(=O)C3CC3)c2cc1F. The summed E-state index contributed by atoms with van der Waals surface area (Å²) in [6.45, 7) is 3.81. The lowest BCUT2D eigenvalue weighted by Crippen LogP contribution is -2.14. The number of pyridine rings is 1. The van der Waals surface area contributed by atoms with E-state index in [1.807, 2.05) is 36.4 Å². The van der Waals surface area contributed by atoms with E-state index in [9.17, 15) is 9.18 Å². The average molecular weight is 351 g/mol. The van der Waals surface area contributed by atoms with Crippen molar-refractivity contribution in [3.8, 4) is 0 Å². The third-order valence-electron chi connectivity index (χ3n) is 4.48. The summed E-state index contributed by atoms with van der Waals surface area (Å²) in [7, 11) is 1.87. The molecule has 0 atom stereocenters. The highest BCUT2D eigenvalue weighted by Crippen LogP contribution is 2.32. The van der Waals surface area contributed by atoms with Crippen molar-refractivity contribution >= 4 is 28.3 Å². The van der Waals surface area contributed by atoms with Crippen LogP contribution in [0.3, 0.4) is 0 Å². The molecule has 1 amide bonds. The van der Waals surface area contributed by atoms with Crippen LogP contribution in [0, 0.1) is 11.7 Å². The summed E-state index contributed by atoms with van der Waals surface area (Å²) >= 11 is 0. The lowest BCUT2D eigenvalue weighted by molar-refractivity contribution is -0.117. The highest BCUT2D eigenvalue weighted by molar-refractivity contribution is 6.00. The normalized spacial score (nSPS) is 18.3. The highest BCUT2D eigenvalue weighted by Gasteiger charge is 2.30. The lowest BCUT2D eigenvalue weighted by atomic mass is 10.1. The van der Waals surface area contributed by atoms with Crippen LogP contribution >= 0.6 is 0 Å². The molecule has 2 aromatic rings. The van der Waals surface area contributed by atoms with Crippen molar-refractivity contribution in [2.75, 3.05) is 12.4 Å². The predicted octanol–water partition coefficient (Wildman–Crippen LogP) is 3.36. The van der Waals surface area contributed by atoms with E-state index < -0.39 is 5.82 Å². The quantitative estimate of drug-likeness (QED) is 0.886. The number of allylic oxidation sites excluding steroid dienone is 5. The molecule has 0 bridgehead atoms. The molecular weight excluding hydrogens is 333 g/mol. The maximum Gasteiger partial charge on any atom is 0.228 e. The van der Waals surface area contributed by atoms with Crippen LogP contribution in [0.15, 0.2) is 48.8 Å². The number of halogens is 1. The molecule has 26 heavy (non-hydrogen) atoms. The zero-order chi connectivity index (χ0) is 18.3. The molecule has 1 saturated carbocycles. The summed E-state index contributed by atoms with van der Waals surface area (Å²) in [5.74, 6) is -0.241. The number of likely N-dealkylation sites (N-methyl/N-ethyl adjacent to an activating group) is 1. The Hall–Kier alpha value is -3.22. The van der Waals surface area contributed by atoms with Crippen molar-refractivity contribution in [2.45, 2.75) is 12.8 Å². The average Bonchev–Trinajstić information content (AvgIpc) is 3.42. The summed E-state index contributed by atoms with van der Waals surface area (Å²) in [6, 6.07) is 1.34. The van der Waals surface area contributed by atoms with E-state index in [0.717, 1.165) is 18.5 Å². The van der Waals surface area contributed by atoms with Crippen LogP contribution in [-0.4, -0.2) is 33.0 Å². The first-order valence-corrected chi connectivity index (χ1v) is 8.38. The fourth-order valence-electron chi connectivity index (χ4n) is 2.90. The fraction of sp³-hybridized carbons (Fsp3) is 0.211. The Morgan fingerprint density at radius 2 is 2.27 bits per heavy atom. The topological polar surface area (TPSA) is 73.9 Å². The van der Waals surface area contributed by atoms with Crippen molar-refractivity contribution < 1.29 is 9.18 Å². The van der Waals surface area contributed by atoms with Crippen molar-refractivity contribution in [3.05, 3.63) is 60.4 Å². The van der Waals surface area contributed by atoms with Gasteiger partial charge in [0.2, 0.25) is 5.91 Å². The van der Waals surface area contributed by atoms with Crippen molar-refractivity contribution in [1.82, 2.24) is 20.1 Å². The minimum Gasteiger partial charge on any atom is -0.351 e. The van der Waals surface area contributed by atoms with Crippen LogP contribution in [0.25, 0.3) is 16.6 Å². The maximum absolute atomic E-state index is 14.8. The van der Waals surface area contributed by atoms with E-state index in [1.165, 1.54) is 6.07 Å². The molecule has 0 unspecified atom stereocenters. The maximum atomic E-state index is 14.8. The molecule has 6 nitrogen and oxygen atoms in total. The third kappa shape index (κ3) is 2.81. The number of nitrogens with zero attached hydrogens (tertiary/aromatic N) is 3. The molecule has 1 fully saturated rings. The number of aromatic amines is 1. The first-order valence-electron chi connectivity index (χ1n) is 8.38. The number of hydrogen-bond donors (Lipinski definition) is 2. The Kier molecular flexibility index (Phi) is 3.91. The van der Waals surface area contributed by atoms with Gasteiger partial charge in [-0.2, -0.15) is 5.10 Å². The zero-order valence-corrected chi connectivity index (χ0v) is 14.3. The van der Waals surface area contributed by atoms with E-state index in [4.69, 9.17) is 0 Å².